The molecule has 1 aliphatic rings. The molecule has 0 bridgehead atoms. The molecule has 0 aliphatic carbocycles. The van der Waals surface area contributed by atoms with Gasteiger partial charge in [-0.15, -0.1) is 6.58 Å². The van der Waals surface area contributed by atoms with Crippen molar-refractivity contribution in [3.8, 4) is 0 Å². The summed E-state index contributed by atoms with van der Waals surface area (Å²) in [5.74, 6) is 0. The second-order valence-corrected chi connectivity index (χ2v) is 3.99. The van der Waals surface area contributed by atoms with Gasteiger partial charge in [-0.2, -0.15) is 0 Å². The van der Waals surface area contributed by atoms with Crippen LogP contribution in [0.5, 0.6) is 0 Å². The van der Waals surface area contributed by atoms with E-state index in [9.17, 15) is 0 Å². The van der Waals surface area contributed by atoms with Gasteiger partial charge in [0.1, 0.15) is 0 Å². The highest BCUT2D eigenvalue weighted by Gasteiger charge is 2.19. The van der Waals surface area contributed by atoms with Crippen molar-refractivity contribution in [1.82, 2.24) is 5.32 Å². The minimum atomic E-state index is 0.419. The van der Waals surface area contributed by atoms with Crippen LogP contribution in [0, 0.1) is 0 Å². The first-order valence-electron chi connectivity index (χ1n) is 5.21. The summed E-state index contributed by atoms with van der Waals surface area (Å²) >= 11 is 0. The van der Waals surface area contributed by atoms with Gasteiger partial charge in [0.15, 0.2) is 0 Å². The molecule has 0 aromatic rings. The van der Waals surface area contributed by atoms with Crippen molar-refractivity contribution >= 4 is 0 Å². The molecule has 1 saturated heterocycles. The first-order chi connectivity index (χ1) is 6.22. The van der Waals surface area contributed by atoms with E-state index < -0.39 is 0 Å². The number of nitrogens with one attached hydrogen (secondary N) is 1. The van der Waals surface area contributed by atoms with Crippen LogP contribution in [0.25, 0.3) is 0 Å². The molecule has 1 rings (SSSR count). The third kappa shape index (κ3) is 3.92. The lowest BCUT2D eigenvalue weighted by atomic mass is 10.0. The van der Waals surface area contributed by atoms with Gasteiger partial charge in [-0.3, -0.25) is 0 Å². The average molecular weight is 183 g/mol. The van der Waals surface area contributed by atoms with Crippen molar-refractivity contribution in [3.63, 3.8) is 0 Å². The Labute approximate surface area is 81.4 Å². The summed E-state index contributed by atoms with van der Waals surface area (Å²) < 4.78 is 5.49. The molecule has 0 saturated carbocycles. The van der Waals surface area contributed by atoms with E-state index in [4.69, 9.17) is 4.74 Å². The van der Waals surface area contributed by atoms with Crippen LogP contribution in [-0.2, 0) is 4.74 Å². The van der Waals surface area contributed by atoms with Crippen LogP contribution >= 0.6 is 0 Å². The van der Waals surface area contributed by atoms with E-state index in [0.29, 0.717) is 18.2 Å². The largest absolute Gasteiger partial charge is 0.378 e. The molecule has 0 spiro atoms. The van der Waals surface area contributed by atoms with Crippen LogP contribution < -0.4 is 5.32 Å². The van der Waals surface area contributed by atoms with Crippen molar-refractivity contribution in [2.45, 2.75) is 51.3 Å². The van der Waals surface area contributed by atoms with Gasteiger partial charge in [0, 0.05) is 18.7 Å². The van der Waals surface area contributed by atoms with Crippen LogP contribution in [0.15, 0.2) is 12.7 Å². The van der Waals surface area contributed by atoms with Gasteiger partial charge in [0.25, 0.3) is 0 Å². The molecule has 1 heterocycles. The van der Waals surface area contributed by atoms with E-state index >= 15 is 0 Å². The quantitative estimate of drug-likeness (QED) is 0.674. The summed E-state index contributed by atoms with van der Waals surface area (Å²) in [6.45, 7) is 9.00. The molecule has 3 unspecified atom stereocenters. The molecule has 0 amide bonds. The highest BCUT2D eigenvalue weighted by molar-refractivity contribution is 4.81. The van der Waals surface area contributed by atoms with Gasteiger partial charge < -0.3 is 10.1 Å². The highest BCUT2D eigenvalue weighted by atomic mass is 16.5. The van der Waals surface area contributed by atoms with Crippen molar-refractivity contribution in [1.29, 1.82) is 0 Å². The standard InChI is InChI=1S/C11H21NO/c1-4-5-9(2)12-11-6-7-13-10(3)8-11/h4,9-12H,1,5-8H2,2-3H3. The fourth-order valence-corrected chi connectivity index (χ4v) is 1.87. The van der Waals surface area contributed by atoms with Crippen LogP contribution in [-0.4, -0.2) is 24.8 Å². The van der Waals surface area contributed by atoms with Crippen LogP contribution in [0.2, 0.25) is 0 Å². The lowest BCUT2D eigenvalue weighted by Crippen LogP contribution is -2.42. The highest BCUT2D eigenvalue weighted by Crippen LogP contribution is 2.14. The monoisotopic (exact) mass is 183 g/mol. The van der Waals surface area contributed by atoms with E-state index in [1.807, 2.05) is 6.08 Å². The van der Waals surface area contributed by atoms with E-state index in [1.54, 1.807) is 0 Å². The zero-order chi connectivity index (χ0) is 9.68. The SMILES string of the molecule is C=CCC(C)NC1CCOC(C)C1. The molecule has 1 fully saturated rings. The molecule has 0 aromatic heterocycles. The van der Waals surface area contributed by atoms with Crippen molar-refractivity contribution < 1.29 is 4.74 Å². The molecule has 76 valence electrons. The van der Waals surface area contributed by atoms with Gasteiger partial charge >= 0.3 is 0 Å². The second kappa shape index (κ2) is 5.40. The summed E-state index contributed by atoms with van der Waals surface area (Å²) in [6.07, 6.45) is 5.72. The Kier molecular flexibility index (Phi) is 4.46. The zero-order valence-corrected chi connectivity index (χ0v) is 8.75. The van der Waals surface area contributed by atoms with Crippen LogP contribution in [0.3, 0.4) is 0 Å². The summed E-state index contributed by atoms with van der Waals surface area (Å²) in [5, 5.41) is 3.60. The summed E-state index contributed by atoms with van der Waals surface area (Å²) in [6, 6.07) is 1.19. The van der Waals surface area contributed by atoms with Crippen molar-refractivity contribution in [2.24, 2.45) is 0 Å². The molecule has 2 nitrogen and oxygen atoms in total. The Morgan fingerprint density at radius 1 is 1.69 bits per heavy atom. The van der Waals surface area contributed by atoms with Gasteiger partial charge in [0.2, 0.25) is 0 Å². The first-order valence-corrected chi connectivity index (χ1v) is 5.21. The summed E-state index contributed by atoms with van der Waals surface area (Å²) in [5.41, 5.74) is 0. The van der Waals surface area contributed by atoms with Crippen LogP contribution in [0.4, 0.5) is 0 Å². The van der Waals surface area contributed by atoms with E-state index in [2.05, 4.69) is 25.7 Å². The van der Waals surface area contributed by atoms with E-state index in [0.717, 1.165) is 25.9 Å². The Hall–Kier alpha value is -0.340. The van der Waals surface area contributed by atoms with Gasteiger partial charge in [-0.05, 0) is 33.1 Å². The molecule has 1 aliphatic heterocycles. The molecule has 3 atom stereocenters. The zero-order valence-electron chi connectivity index (χ0n) is 8.75. The van der Waals surface area contributed by atoms with Crippen molar-refractivity contribution in [3.05, 3.63) is 12.7 Å². The number of hydrogen-bond acceptors (Lipinski definition) is 2. The molecule has 1 N–H and O–H groups in total. The van der Waals surface area contributed by atoms with Gasteiger partial charge in [0.05, 0.1) is 6.10 Å². The fraction of sp³-hybridized carbons (Fsp3) is 0.818. The van der Waals surface area contributed by atoms with E-state index in [1.165, 1.54) is 0 Å². The normalized spacial score (nSPS) is 31.2. The third-order valence-corrected chi connectivity index (χ3v) is 2.53. The molecule has 0 radical (unpaired) electrons. The third-order valence-electron chi connectivity index (χ3n) is 2.53. The molecule has 13 heavy (non-hydrogen) atoms. The van der Waals surface area contributed by atoms with Gasteiger partial charge in [-0.1, -0.05) is 6.08 Å². The topological polar surface area (TPSA) is 21.3 Å². The van der Waals surface area contributed by atoms with Gasteiger partial charge in [-0.25, -0.2) is 0 Å². The first kappa shape index (κ1) is 10.7. The van der Waals surface area contributed by atoms with Crippen LogP contribution in [0.1, 0.15) is 33.1 Å². The number of rotatable bonds is 4. The lowest BCUT2D eigenvalue weighted by molar-refractivity contribution is 0.0117. The average Bonchev–Trinajstić information content (AvgIpc) is 2.04. The fourth-order valence-electron chi connectivity index (χ4n) is 1.87. The Morgan fingerprint density at radius 2 is 2.46 bits per heavy atom. The van der Waals surface area contributed by atoms with E-state index in [-0.39, 0.29) is 0 Å². The lowest BCUT2D eigenvalue weighted by Gasteiger charge is -2.30. The van der Waals surface area contributed by atoms with Crippen molar-refractivity contribution in [2.75, 3.05) is 6.61 Å². The Bertz CT molecular complexity index is 158. The second-order valence-electron chi connectivity index (χ2n) is 3.99. The maximum Gasteiger partial charge on any atom is 0.0561 e. The molecule has 0 aromatic carbocycles. The minimum Gasteiger partial charge on any atom is -0.378 e. The smallest absolute Gasteiger partial charge is 0.0561 e. The maximum atomic E-state index is 5.49. The maximum absolute atomic E-state index is 5.49. The molecular weight excluding hydrogens is 162 g/mol. The molecule has 2 heteroatoms. The molecular formula is C11H21NO. The Balaban J connectivity index is 2.22. The minimum absolute atomic E-state index is 0.419. The predicted molar refractivity (Wildman–Crippen MR) is 55.8 cm³/mol. The number of hydrogen-bond donors (Lipinski definition) is 1. The summed E-state index contributed by atoms with van der Waals surface area (Å²) in [7, 11) is 0. The summed E-state index contributed by atoms with van der Waals surface area (Å²) in [4.78, 5) is 0. The Morgan fingerprint density at radius 3 is 3.08 bits per heavy atom. The number of ether oxygens (including phenoxy) is 1. The predicted octanol–water partition coefficient (Wildman–Crippen LogP) is 2.11.